The average Bonchev–Trinajstić information content (AvgIpc) is 2.33. The Kier molecular flexibility index (Phi) is 3.52. The Hall–Kier alpha value is -2.43. The molecular formula is C13H14N4O. The van der Waals surface area contributed by atoms with Gasteiger partial charge in [0.2, 0.25) is 5.91 Å². The molecule has 0 aliphatic carbocycles. The fraction of sp³-hybridized carbons (Fsp3) is 0.154. The summed E-state index contributed by atoms with van der Waals surface area (Å²) in [6.07, 6.45) is 2.24. The normalized spacial score (nSPS) is 10.2. The number of hydrogen-bond acceptors (Lipinski definition) is 4. The zero-order valence-corrected chi connectivity index (χ0v) is 9.84. The van der Waals surface area contributed by atoms with Crippen LogP contribution in [0.25, 0.3) is 0 Å². The second-order valence-corrected chi connectivity index (χ2v) is 4.00. The number of rotatable bonds is 4. The summed E-state index contributed by atoms with van der Waals surface area (Å²) in [5.74, 6) is 0.503. The van der Waals surface area contributed by atoms with Gasteiger partial charge in [0.15, 0.2) is 0 Å². The van der Waals surface area contributed by atoms with Crippen LogP contribution in [0.2, 0.25) is 0 Å². The van der Waals surface area contributed by atoms with E-state index in [4.69, 9.17) is 11.5 Å². The SMILES string of the molecule is NC(=O)Cc1cnc(Cc2ccccc2)nc1N. The van der Waals surface area contributed by atoms with Crippen molar-refractivity contribution in [3.8, 4) is 0 Å². The summed E-state index contributed by atoms with van der Waals surface area (Å²) in [5, 5.41) is 0. The molecular weight excluding hydrogens is 228 g/mol. The van der Waals surface area contributed by atoms with Crippen molar-refractivity contribution in [1.82, 2.24) is 9.97 Å². The van der Waals surface area contributed by atoms with Crippen LogP contribution in [0.5, 0.6) is 0 Å². The Labute approximate surface area is 105 Å². The zero-order valence-electron chi connectivity index (χ0n) is 9.84. The molecule has 0 spiro atoms. The molecule has 1 amide bonds. The molecule has 0 unspecified atom stereocenters. The van der Waals surface area contributed by atoms with Gasteiger partial charge in [-0.1, -0.05) is 30.3 Å². The lowest BCUT2D eigenvalue weighted by molar-refractivity contribution is -0.117. The van der Waals surface area contributed by atoms with E-state index in [-0.39, 0.29) is 6.42 Å². The van der Waals surface area contributed by atoms with Gasteiger partial charge >= 0.3 is 0 Å². The highest BCUT2D eigenvalue weighted by Crippen LogP contribution is 2.11. The minimum atomic E-state index is -0.443. The maximum Gasteiger partial charge on any atom is 0.222 e. The summed E-state index contributed by atoms with van der Waals surface area (Å²) < 4.78 is 0. The van der Waals surface area contributed by atoms with Crippen molar-refractivity contribution < 1.29 is 4.79 Å². The Balaban J connectivity index is 2.16. The first-order chi connectivity index (χ1) is 8.65. The number of hydrogen-bond donors (Lipinski definition) is 2. The number of carbonyl (C=O) groups is 1. The van der Waals surface area contributed by atoms with Crippen LogP contribution >= 0.6 is 0 Å². The van der Waals surface area contributed by atoms with Crippen LogP contribution < -0.4 is 11.5 Å². The minimum absolute atomic E-state index is 0.0669. The van der Waals surface area contributed by atoms with Crippen LogP contribution in [0.15, 0.2) is 36.5 Å². The number of nitrogen functional groups attached to an aromatic ring is 1. The van der Waals surface area contributed by atoms with E-state index in [1.165, 1.54) is 0 Å². The van der Waals surface area contributed by atoms with Crippen molar-refractivity contribution in [2.75, 3.05) is 5.73 Å². The second-order valence-electron chi connectivity index (χ2n) is 4.00. The number of amides is 1. The zero-order chi connectivity index (χ0) is 13.0. The molecule has 4 N–H and O–H groups in total. The van der Waals surface area contributed by atoms with E-state index >= 15 is 0 Å². The number of primary amides is 1. The fourth-order valence-corrected chi connectivity index (χ4v) is 1.65. The van der Waals surface area contributed by atoms with Crippen LogP contribution in [-0.2, 0) is 17.6 Å². The summed E-state index contributed by atoms with van der Waals surface area (Å²) in [5.41, 5.74) is 12.5. The first kappa shape index (κ1) is 12.0. The highest BCUT2D eigenvalue weighted by atomic mass is 16.1. The topological polar surface area (TPSA) is 94.9 Å². The van der Waals surface area contributed by atoms with Gasteiger partial charge in [-0.25, -0.2) is 9.97 Å². The van der Waals surface area contributed by atoms with Gasteiger partial charge in [-0.15, -0.1) is 0 Å². The van der Waals surface area contributed by atoms with Crippen molar-refractivity contribution in [3.63, 3.8) is 0 Å². The summed E-state index contributed by atoms with van der Waals surface area (Å²) >= 11 is 0. The molecule has 0 atom stereocenters. The van der Waals surface area contributed by atoms with Crippen LogP contribution in [0.4, 0.5) is 5.82 Å². The molecule has 92 valence electrons. The van der Waals surface area contributed by atoms with Crippen molar-refractivity contribution in [3.05, 3.63) is 53.5 Å². The van der Waals surface area contributed by atoms with E-state index in [2.05, 4.69) is 9.97 Å². The van der Waals surface area contributed by atoms with E-state index in [9.17, 15) is 4.79 Å². The molecule has 0 aliphatic rings. The smallest absolute Gasteiger partial charge is 0.222 e. The Morgan fingerprint density at radius 3 is 2.56 bits per heavy atom. The predicted octanol–water partition coefficient (Wildman–Crippen LogP) is 0.677. The highest BCUT2D eigenvalue weighted by molar-refractivity contribution is 5.77. The Morgan fingerprint density at radius 1 is 1.22 bits per heavy atom. The summed E-state index contributed by atoms with van der Waals surface area (Å²) in [7, 11) is 0. The summed E-state index contributed by atoms with van der Waals surface area (Å²) in [6, 6.07) is 9.86. The lowest BCUT2D eigenvalue weighted by Crippen LogP contribution is -2.16. The molecule has 0 saturated carbocycles. The third kappa shape index (κ3) is 3.04. The third-order valence-electron chi connectivity index (χ3n) is 2.52. The van der Waals surface area contributed by atoms with E-state index < -0.39 is 5.91 Å². The number of carbonyl (C=O) groups excluding carboxylic acids is 1. The van der Waals surface area contributed by atoms with Crippen LogP contribution in [0.3, 0.4) is 0 Å². The van der Waals surface area contributed by atoms with Gasteiger partial charge in [-0.2, -0.15) is 0 Å². The number of benzene rings is 1. The molecule has 0 bridgehead atoms. The molecule has 1 heterocycles. The second kappa shape index (κ2) is 5.27. The molecule has 2 rings (SSSR count). The van der Waals surface area contributed by atoms with Gasteiger partial charge in [0.05, 0.1) is 6.42 Å². The molecule has 0 aliphatic heterocycles. The third-order valence-corrected chi connectivity index (χ3v) is 2.52. The van der Waals surface area contributed by atoms with Crippen LogP contribution in [0, 0.1) is 0 Å². The first-order valence-electron chi connectivity index (χ1n) is 5.57. The molecule has 1 aromatic carbocycles. The molecule has 0 saturated heterocycles. The predicted molar refractivity (Wildman–Crippen MR) is 68.6 cm³/mol. The lowest BCUT2D eigenvalue weighted by atomic mass is 10.1. The highest BCUT2D eigenvalue weighted by Gasteiger charge is 2.07. The molecule has 0 fully saturated rings. The Morgan fingerprint density at radius 2 is 1.94 bits per heavy atom. The Bertz CT molecular complexity index is 554. The lowest BCUT2D eigenvalue weighted by Gasteiger charge is -2.05. The van der Waals surface area contributed by atoms with Crippen molar-refractivity contribution in [2.45, 2.75) is 12.8 Å². The van der Waals surface area contributed by atoms with Crippen molar-refractivity contribution in [1.29, 1.82) is 0 Å². The van der Waals surface area contributed by atoms with Gasteiger partial charge < -0.3 is 11.5 Å². The van der Waals surface area contributed by atoms with Gasteiger partial charge in [0.25, 0.3) is 0 Å². The fourth-order valence-electron chi connectivity index (χ4n) is 1.65. The first-order valence-corrected chi connectivity index (χ1v) is 5.57. The van der Waals surface area contributed by atoms with E-state index in [1.807, 2.05) is 30.3 Å². The molecule has 0 radical (unpaired) electrons. The van der Waals surface area contributed by atoms with Crippen LogP contribution in [-0.4, -0.2) is 15.9 Å². The largest absolute Gasteiger partial charge is 0.383 e. The number of nitrogens with zero attached hydrogens (tertiary/aromatic N) is 2. The quantitative estimate of drug-likeness (QED) is 0.824. The van der Waals surface area contributed by atoms with Gasteiger partial charge in [-0.05, 0) is 5.56 Å². The van der Waals surface area contributed by atoms with E-state index in [1.54, 1.807) is 6.20 Å². The molecule has 18 heavy (non-hydrogen) atoms. The molecule has 2 aromatic rings. The molecule has 1 aromatic heterocycles. The van der Waals surface area contributed by atoms with Gasteiger partial charge in [0.1, 0.15) is 11.6 Å². The van der Waals surface area contributed by atoms with Crippen LogP contribution in [0.1, 0.15) is 17.0 Å². The monoisotopic (exact) mass is 242 g/mol. The summed E-state index contributed by atoms with van der Waals surface area (Å²) in [4.78, 5) is 19.2. The molecule has 5 heteroatoms. The van der Waals surface area contributed by atoms with Crippen molar-refractivity contribution >= 4 is 11.7 Å². The number of anilines is 1. The maximum absolute atomic E-state index is 10.8. The standard InChI is InChI=1S/C13H14N4O/c14-11(18)7-10-8-16-12(17-13(10)15)6-9-4-2-1-3-5-9/h1-5,8H,6-7H2,(H2,14,18)(H2,15,16,17). The number of aromatic nitrogens is 2. The average molecular weight is 242 g/mol. The van der Waals surface area contributed by atoms with Gasteiger partial charge in [0, 0.05) is 18.2 Å². The minimum Gasteiger partial charge on any atom is -0.383 e. The van der Waals surface area contributed by atoms with Crippen molar-refractivity contribution in [2.24, 2.45) is 5.73 Å². The van der Waals surface area contributed by atoms with E-state index in [0.29, 0.717) is 23.6 Å². The maximum atomic E-state index is 10.8. The van der Waals surface area contributed by atoms with E-state index in [0.717, 1.165) is 5.56 Å². The number of nitrogens with two attached hydrogens (primary N) is 2. The molecule has 5 nitrogen and oxygen atoms in total. The summed E-state index contributed by atoms with van der Waals surface area (Å²) in [6.45, 7) is 0. The van der Waals surface area contributed by atoms with Gasteiger partial charge in [-0.3, -0.25) is 4.79 Å².